The Kier molecular flexibility index (Phi) is 4.40. The van der Waals surface area contributed by atoms with Crippen molar-refractivity contribution in [3.05, 3.63) is 10.6 Å². The van der Waals surface area contributed by atoms with E-state index in [0.717, 1.165) is 23.3 Å². The van der Waals surface area contributed by atoms with E-state index in [1.807, 2.05) is 0 Å². The van der Waals surface area contributed by atoms with Gasteiger partial charge in [-0.05, 0) is 59.2 Å². The van der Waals surface area contributed by atoms with Crippen LogP contribution in [0.5, 0.6) is 0 Å². The standard InChI is InChI=1S/C13H23N3S/c1-10-11(2)17-13(15-10)14-7-4-12-5-8-16(3)9-6-12/h12H,4-9H2,1-3H3,(H,14,15). The Morgan fingerprint density at radius 3 is 2.65 bits per heavy atom. The maximum atomic E-state index is 4.50. The van der Waals surface area contributed by atoms with Crippen molar-refractivity contribution in [1.29, 1.82) is 0 Å². The Morgan fingerprint density at radius 1 is 1.35 bits per heavy atom. The summed E-state index contributed by atoms with van der Waals surface area (Å²) in [6.45, 7) is 7.81. The number of aromatic nitrogens is 1. The molecule has 0 aromatic carbocycles. The first kappa shape index (κ1) is 12.8. The fraction of sp³-hybridized carbons (Fsp3) is 0.769. The molecule has 0 radical (unpaired) electrons. The van der Waals surface area contributed by atoms with E-state index in [-0.39, 0.29) is 0 Å². The molecule has 96 valence electrons. The van der Waals surface area contributed by atoms with Crippen LogP contribution in [0.2, 0.25) is 0 Å². The number of thiazole rings is 1. The normalized spacial score (nSPS) is 18.5. The van der Waals surface area contributed by atoms with Gasteiger partial charge in [0.1, 0.15) is 0 Å². The topological polar surface area (TPSA) is 28.2 Å². The van der Waals surface area contributed by atoms with Crippen molar-refractivity contribution < 1.29 is 0 Å². The van der Waals surface area contributed by atoms with Crippen molar-refractivity contribution in [1.82, 2.24) is 9.88 Å². The van der Waals surface area contributed by atoms with Crippen LogP contribution in [0.15, 0.2) is 0 Å². The zero-order valence-corrected chi connectivity index (χ0v) is 11.9. The third kappa shape index (κ3) is 3.68. The molecule has 1 fully saturated rings. The fourth-order valence-corrected chi connectivity index (χ4v) is 3.12. The number of aryl methyl sites for hydroxylation is 2. The molecule has 1 N–H and O–H groups in total. The molecular formula is C13H23N3S. The second-order valence-corrected chi connectivity index (χ2v) is 6.33. The third-order valence-electron chi connectivity index (χ3n) is 3.70. The van der Waals surface area contributed by atoms with E-state index in [1.54, 1.807) is 11.3 Å². The van der Waals surface area contributed by atoms with Crippen LogP contribution >= 0.6 is 11.3 Å². The lowest BCUT2D eigenvalue weighted by Gasteiger charge is -2.28. The van der Waals surface area contributed by atoms with Gasteiger partial charge in [0.25, 0.3) is 0 Å². The third-order valence-corrected chi connectivity index (χ3v) is 4.73. The molecule has 2 rings (SSSR count). The minimum absolute atomic E-state index is 0.904. The van der Waals surface area contributed by atoms with Crippen molar-refractivity contribution in [2.75, 3.05) is 32.0 Å². The number of rotatable bonds is 4. The van der Waals surface area contributed by atoms with Gasteiger partial charge in [-0.1, -0.05) is 0 Å². The Labute approximate surface area is 108 Å². The van der Waals surface area contributed by atoms with E-state index in [9.17, 15) is 0 Å². The Balaban J connectivity index is 1.69. The van der Waals surface area contributed by atoms with Crippen molar-refractivity contribution >= 4 is 16.5 Å². The van der Waals surface area contributed by atoms with Crippen LogP contribution < -0.4 is 5.32 Å². The van der Waals surface area contributed by atoms with Crippen LogP contribution in [0.4, 0.5) is 5.13 Å². The molecule has 0 aliphatic carbocycles. The lowest BCUT2D eigenvalue weighted by molar-refractivity contribution is 0.215. The maximum absolute atomic E-state index is 4.50. The number of anilines is 1. The van der Waals surface area contributed by atoms with Crippen LogP contribution in [0.25, 0.3) is 0 Å². The van der Waals surface area contributed by atoms with Gasteiger partial charge in [0.2, 0.25) is 0 Å². The summed E-state index contributed by atoms with van der Waals surface area (Å²) in [5.41, 5.74) is 1.16. The number of piperidine rings is 1. The Bertz CT molecular complexity index is 334. The van der Waals surface area contributed by atoms with Gasteiger partial charge >= 0.3 is 0 Å². The molecule has 0 spiro atoms. The Hall–Kier alpha value is -0.610. The van der Waals surface area contributed by atoms with Crippen LogP contribution in [0.1, 0.15) is 29.8 Å². The second kappa shape index (κ2) is 5.83. The number of nitrogens with zero attached hydrogens (tertiary/aromatic N) is 2. The molecule has 17 heavy (non-hydrogen) atoms. The summed E-state index contributed by atoms with van der Waals surface area (Å²) in [5, 5.41) is 4.55. The molecule has 0 bridgehead atoms. The van der Waals surface area contributed by atoms with Crippen molar-refractivity contribution in [3.8, 4) is 0 Å². The average Bonchev–Trinajstić information content (AvgIpc) is 2.61. The summed E-state index contributed by atoms with van der Waals surface area (Å²) in [4.78, 5) is 8.26. The monoisotopic (exact) mass is 253 g/mol. The van der Waals surface area contributed by atoms with Gasteiger partial charge in [0.05, 0.1) is 5.69 Å². The highest BCUT2D eigenvalue weighted by Crippen LogP contribution is 2.23. The average molecular weight is 253 g/mol. The number of nitrogens with one attached hydrogen (secondary N) is 1. The quantitative estimate of drug-likeness (QED) is 0.894. The molecule has 1 saturated heterocycles. The van der Waals surface area contributed by atoms with E-state index in [4.69, 9.17) is 0 Å². The maximum Gasteiger partial charge on any atom is 0.183 e. The molecule has 0 atom stereocenters. The van der Waals surface area contributed by atoms with E-state index in [2.05, 4.69) is 36.1 Å². The first-order valence-electron chi connectivity index (χ1n) is 6.51. The highest BCUT2D eigenvalue weighted by molar-refractivity contribution is 7.15. The van der Waals surface area contributed by atoms with Crippen LogP contribution in [-0.2, 0) is 0 Å². The molecule has 0 amide bonds. The number of hydrogen-bond donors (Lipinski definition) is 1. The van der Waals surface area contributed by atoms with E-state index in [0.29, 0.717) is 0 Å². The van der Waals surface area contributed by atoms with Crippen molar-refractivity contribution in [3.63, 3.8) is 0 Å². The van der Waals surface area contributed by atoms with Gasteiger partial charge in [0.15, 0.2) is 5.13 Å². The van der Waals surface area contributed by atoms with Gasteiger partial charge in [-0.3, -0.25) is 0 Å². The summed E-state index contributed by atoms with van der Waals surface area (Å²) in [6.07, 6.45) is 3.99. The predicted octanol–water partition coefficient (Wildman–Crippen LogP) is 2.90. The molecule has 1 aromatic heterocycles. The van der Waals surface area contributed by atoms with E-state index >= 15 is 0 Å². The van der Waals surface area contributed by atoms with Gasteiger partial charge in [-0.25, -0.2) is 4.98 Å². The first-order valence-corrected chi connectivity index (χ1v) is 7.33. The molecule has 3 nitrogen and oxygen atoms in total. The minimum Gasteiger partial charge on any atom is -0.361 e. The number of hydrogen-bond acceptors (Lipinski definition) is 4. The second-order valence-electron chi connectivity index (χ2n) is 5.12. The van der Waals surface area contributed by atoms with E-state index < -0.39 is 0 Å². The first-order chi connectivity index (χ1) is 8.15. The highest BCUT2D eigenvalue weighted by Gasteiger charge is 2.16. The van der Waals surface area contributed by atoms with Crippen molar-refractivity contribution in [2.24, 2.45) is 5.92 Å². The fourth-order valence-electron chi connectivity index (χ4n) is 2.28. The highest BCUT2D eigenvalue weighted by atomic mass is 32.1. The predicted molar refractivity (Wildman–Crippen MR) is 74.9 cm³/mol. The van der Waals surface area contributed by atoms with Crippen LogP contribution in [0, 0.1) is 19.8 Å². The minimum atomic E-state index is 0.904. The zero-order valence-electron chi connectivity index (χ0n) is 11.1. The molecule has 0 unspecified atom stereocenters. The molecule has 2 heterocycles. The van der Waals surface area contributed by atoms with E-state index in [1.165, 1.54) is 37.2 Å². The molecule has 4 heteroatoms. The van der Waals surface area contributed by atoms with Gasteiger partial charge in [-0.15, -0.1) is 11.3 Å². The summed E-state index contributed by atoms with van der Waals surface area (Å²) >= 11 is 1.77. The summed E-state index contributed by atoms with van der Waals surface area (Å²) in [7, 11) is 2.22. The molecule has 1 aliphatic rings. The smallest absolute Gasteiger partial charge is 0.183 e. The Morgan fingerprint density at radius 2 is 2.06 bits per heavy atom. The lowest BCUT2D eigenvalue weighted by atomic mass is 9.94. The van der Waals surface area contributed by atoms with Crippen LogP contribution in [-0.4, -0.2) is 36.6 Å². The molecule has 0 saturated carbocycles. The molecule has 1 aliphatic heterocycles. The summed E-state index contributed by atoms with van der Waals surface area (Å²) < 4.78 is 0. The zero-order chi connectivity index (χ0) is 12.3. The van der Waals surface area contributed by atoms with Crippen molar-refractivity contribution in [2.45, 2.75) is 33.1 Å². The lowest BCUT2D eigenvalue weighted by Crippen LogP contribution is -2.30. The SMILES string of the molecule is Cc1nc(NCCC2CCN(C)CC2)sc1C. The van der Waals surface area contributed by atoms with Gasteiger partial charge < -0.3 is 10.2 Å². The summed E-state index contributed by atoms with van der Waals surface area (Å²) in [5.74, 6) is 0.904. The van der Waals surface area contributed by atoms with Gasteiger partial charge in [0, 0.05) is 11.4 Å². The molecular weight excluding hydrogens is 230 g/mol. The largest absolute Gasteiger partial charge is 0.361 e. The summed E-state index contributed by atoms with van der Waals surface area (Å²) in [6, 6.07) is 0. The van der Waals surface area contributed by atoms with Gasteiger partial charge in [-0.2, -0.15) is 0 Å². The molecule has 1 aromatic rings. The van der Waals surface area contributed by atoms with Crippen LogP contribution in [0.3, 0.4) is 0 Å². The number of likely N-dealkylation sites (tertiary alicyclic amines) is 1.